The lowest BCUT2D eigenvalue weighted by molar-refractivity contribution is -0.137. The second kappa shape index (κ2) is 9.05. The van der Waals surface area contributed by atoms with Crippen LogP contribution in [-0.4, -0.2) is 38.9 Å². The Kier molecular flexibility index (Phi) is 6.33. The number of aromatic amines is 1. The summed E-state index contributed by atoms with van der Waals surface area (Å²) in [5.74, 6) is -0.430. The van der Waals surface area contributed by atoms with Gasteiger partial charge in [0.1, 0.15) is 0 Å². The summed E-state index contributed by atoms with van der Waals surface area (Å²) in [7, 11) is 0. The van der Waals surface area contributed by atoms with E-state index in [4.69, 9.17) is 5.73 Å². The van der Waals surface area contributed by atoms with Crippen LogP contribution in [0.15, 0.2) is 54.9 Å². The van der Waals surface area contributed by atoms with Crippen LogP contribution >= 0.6 is 11.3 Å². The molecule has 2 aromatic heterocycles. The number of aliphatic hydroxyl groups excluding tert-OH is 1. The molecule has 3 atom stereocenters. The van der Waals surface area contributed by atoms with Crippen LogP contribution in [0.4, 0.5) is 18.3 Å². The molecule has 1 unspecified atom stereocenters. The van der Waals surface area contributed by atoms with Crippen molar-refractivity contribution in [2.24, 2.45) is 5.73 Å². The number of hydrogen-bond donors (Lipinski definition) is 5. The second-order valence-electron chi connectivity index (χ2n) is 7.90. The van der Waals surface area contributed by atoms with Crippen molar-refractivity contribution < 1.29 is 23.4 Å². The first-order valence-corrected chi connectivity index (χ1v) is 11.1. The number of nitrogens with zero attached hydrogens (tertiary/aromatic N) is 1. The normalized spacial score (nSPS) is 14.8. The zero-order chi connectivity index (χ0) is 23.8. The van der Waals surface area contributed by atoms with Crippen LogP contribution in [0.2, 0.25) is 0 Å². The predicted octanol–water partition coefficient (Wildman–Crippen LogP) is 4.92. The van der Waals surface area contributed by atoms with Crippen molar-refractivity contribution in [1.29, 1.82) is 0 Å². The zero-order valence-corrected chi connectivity index (χ0v) is 18.4. The number of aliphatic hydroxyl groups is 1. The highest BCUT2D eigenvalue weighted by atomic mass is 32.1. The maximum absolute atomic E-state index is 12.8. The predicted molar refractivity (Wildman–Crippen MR) is 123 cm³/mol. The molecule has 0 saturated heterocycles. The van der Waals surface area contributed by atoms with Gasteiger partial charge in [-0.05, 0) is 42.3 Å². The minimum atomic E-state index is -4.42. The maximum atomic E-state index is 12.8. The number of thiazole rings is 1. The number of fused-ring (bicyclic) bond motifs is 1. The van der Waals surface area contributed by atoms with Crippen molar-refractivity contribution in [3.05, 3.63) is 66.0 Å². The van der Waals surface area contributed by atoms with E-state index in [1.807, 2.05) is 18.2 Å². The molecule has 0 spiro atoms. The van der Waals surface area contributed by atoms with Gasteiger partial charge < -0.3 is 26.2 Å². The monoisotopic (exact) mass is 476 g/mol. The van der Waals surface area contributed by atoms with Crippen LogP contribution in [0.3, 0.4) is 0 Å². The van der Waals surface area contributed by atoms with Crippen molar-refractivity contribution in [1.82, 2.24) is 9.97 Å². The highest BCUT2D eigenvalue weighted by molar-refractivity contribution is 7.18. The van der Waals surface area contributed by atoms with E-state index < -0.39 is 29.8 Å². The van der Waals surface area contributed by atoms with Gasteiger partial charge in [-0.1, -0.05) is 29.5 Å². The Bertz CT molecular complexity index is 1230. The maximum Gasteiger partial charge on any atom is 0.416 e. The molecule has 2 aromatic carbocycles. The summed E-state index contributed by atoms with van der Waals surface area (Å²) in [4.78, 5) is 8.07. The number of alkyl halides is 3. The molecule has 0 fully saturated rings. The quantitative estimate of drug-likeness (QED) is 0.260. The van der Waals surface area contributed by atoms with E-state index in [0.717, 1.165) is 33.3 Å². The Balaban J connectivity index is 1.44. The van der Waals surface area contributed by atoms with Gasteiger partial charge in [-0.25, -0.2) is 4.98 Å². The third-order valence-electron chi connectivity index (χ3n) is 5.55. The first-order valence-electron chi connectivity index (χ1n) is 10.2. The standard InChI is InChI=1S/C23H23F3N4O2S/c1-12(31)20(13-2-5-16(6-3-13)23(24,25)26)18(27)10-29-22-30-11-19(33-22)14-4-7-17-15(8-14)9-28-21(17)32/h2-9,11-12,18,20,28,31-32H,10,27H2,1H3,(H,29,30)/t12?,18-,20+/m1/s1. The Morgan fingerprint density at radius 3 is 2.58 bits per heavy atom. The Hall–Kier alpha value is -3.08. The molecule has 33 heavy (non-hydrogen) atoms. The van der Waals surface area contributed by atoms with Crippen molar-refractivity contribution in [2.75, 3.05) is 11.9 Å². The third-order valence-corrected chi connectivity index (χ3v) is 6.56. The van der Waals surface area contributed by atoms with Crippen LogP contribution in [0.5, 0.6) is 5.88 Å². The summed E-state index contributed by atoms with van der Waals surface area (Å²) >= 11 is 1.43. The largest absolute Gasteiger partial charge is 0.494 e. The summed E-state index contributed by atoms with van der Waals surface area (Å²) < 4.78 is 38.5. The average molecular weight is 477 g/mol. The van der Waals surface area contributed by atoms with Gasteiger partial charge in [-0.3, -0.25) is 0 Å². The van der Waals surface area contributed by atoms with Crippen molar-refractivity contribution in [2.45, 2.75) is 31.2 Å². The van der Waals surface area contributed by atoms with Gasteiger partial charge in [0.15, 0.2) is 11.0 Å². The van der Waals surface area contributed by atoms with Crippen LogP contribution in [-0.2, 0) is 6.18 Å². The summed E-state index contributed by atoms with van der Waals surface area (Å²) in [5, 5.41) is 25.4. The lowest BCUT2D eigenvalue weighted by Gasteiger charge is -2.27. The molecule has 10 heteroatoms. The van der Waals surface area contributed by atoms with Crippen molar-refractivity contribution >= 4 is 27.2 Å². The fraction of sp³-hybridized carbons (Fsp3) is 0.261. The van der Waals surface area contributed by atoms with Gasteiger partial charge in [0.2, 0.25) is 0 Å². The molecule has 174 valence electrons. The van der Waals surface area contributed by atoms with Crippen LogP contribution in [0.25, 0.3) is 21.2 Å². The van der Waals surface area contributed by atoms with Gasteiger partial charge >= 0.3 is 6.18 Å². The smallest absolute Gasteiger partial charge is 0.416 e. The summed E-state index contributed by atoms with van der Waals surface area (Å²) in [5.41, 5.74) is 7.05. The van der Waals surface area contributed by atoms with Gasteiger partial charge in [0.05, 0.1) is 16.5 Å². The van der Waals surface area contributed by atoms with E-state index >= 15 is 0 Å². The number of benzene rings is 2. The average Bonchev–Trinajstić information content (AvgIpc) is 3.38. The Morgan fingerprint density at radius 2 is 1.91 bits per heavy atom. The molecule has 2 heterocycles. The van der Waals surface area contributed by atoms with E-state index in [9.17, 15) is 23.4 Å². The number of nitrogens with two attached hydrogens (primary N) is 1. The molecule has 0 radical (unpaired) electrons. The summed E-state index contributed by atoms with van der Waals surface area (Å²) in [6, 6.07) is 9.82. The fourth-order valence-electron chi connectivity index (χ4n) is 3.87. The number of rotatable bonds is 7. The summed E-state index contributed by atoms with van der Waals surface area (Å²) in [6.07, 6.45) is -1.81. The topological polar surface area (TPSA) is 107 Å². The minimum Gasteiger partial charge on any atom is -0.494 e. The number of H-pyrrole nitrogens is 1. The molecular formula is C23H23F3N4O2S. The SMILES string of the molecule is CC(O)[C@@H](c1ccc(C(F)(F)F)cc1)[C@H](N)CNc1ncc(-c2ccc3c(O)[nH]cc3c2)s1. The first kappa shape index (κ1) is 23.1. The van der Waals surface area contributed by atoms with Gasteiger partial charge in [-0.2, -0.15) is 13.2 Å². The van der Waals surface area contributed by atoms with Crippen LogP contribution in [0.1, 0.15) is 24.0 Å². The lowest BCUT2D eigenvalue weighted by Crippen LogP contribution is -2.40. The molecule has 6 nitrogen and oxygen atoms in total. The van der Waals surface area contributed by atoms with Crippen molar-refractivity contribution in [3.8, 4) is 16.3 Å². The number of anilines is 1. The van der Waals surface area contributed by atoms with Crippen LogP contribution in [0, 0.1) is 0 Å². The van der Waals surface area contributed by atoms with Gasteiger partial charge in [0, 0.05) is 41.7 Å². The van der Waals surface area contributed by atoms with Crippen LogP contribution < -0.4 is 11.1 Å². The number of aromatic hydroxyl groups is 1. The van der Waals surface area contributed by atoms with E-state index in [1.165, 1.54) is 23.5 Å². The summed E-state index contributed by atoms with van der Waals surface area (Å²) in [6.45, 7) is 1.84. The highest BCUT2D eigenvalue weighted by Crippen LogP contribution is 2.34. The van der Waals surface area contributed by atoms with E-state index in [0.29, 0.717) is 10.7 Å². The first-order chi connectivity index (χ1) is 15.6. The fourth-order valence-corrected chi connectivity index (χ4v) is 4.69. The molecule has 0 aliphatic rings. The Morgan fingerprint density at radius 1 is 1.18 bits per heavy atom. The van der Waals surface area contributed by atoms with E-state index in [2.05, 4.69) is 15.3 Å². The molecule has 4 aromatic rings. The van der Waals surface area contributed by atoms with E-state index in [1.54, 1.807) is 19.3 Å². The lowest BCUT2D eigenvalue weighted by atomic mass is 9.87. The third kappa shape index (κ3) is 4.97. The number of hydrogen-bond acceptors (Lipinski definition) is 6. The zero-order valence-electron chi connectivity index (χ0n) is 17.6. The molecule has 0 aliphatic carbocycles. The molecule has 6 N–H and O–H groups in total. The molecule has 4 rings (SSSR count). The number of nitrogens with one attached hydrogen (secondary N) is 2. The molecule has 0 saturated carbocycles. The Labute approximate surface area is 191 Å². The van der Waals surface area contributed by atoms with Crippen molar-refractivity contribution in [3.63, 3.8) is 0 Å². The molecule has 0 amide bonds. The van der Waals surface area contributed by atoms with Gasteiger partial charge in [-0.15, -0.1) is 0 Å². The molecule has 0 bridgehead atoms. The minimum absolute atomic E-state index is 0.123. The molecule has 0 aliphatic heterocycles. The van der Waals surface area contributed by atoms with Gasteiger partial charge in [0.25, 0.3) is 0 Å². The molecular weight excluding hydrogens is 453 g/mol. The number of aromatic nitrogens is 2. The highest BCUT2D eigenvalue weighted by Gasteiger charge is 2.31. The van der Waals surface area contributed by atoms with E-state index in [-0.39, 0.29) is 12.4 Å². The number of halogens is 3. The second-order valence-corrected chi connectivity index (χ2v) is 8.93.